The Hall–Kier alpha value is -1.29. The van der Waals surface area contributed by atoms with Crippen LogP contribution in [-0.4, -0.2) is 17.7 Å². The van der Waals surface area contributed by atoms with Crippen molar-refractivity contribution in [2.45, 2.75) is 26.3 Å². The van der Waals surface area contributed by atoms with Gasteiger partial charge in [0.1, 0.15) is 5.82 Å². The molecule has 1 aromatic heterocycles. The zero-order chi connectivity index (χ0) is 10.8. The molecule has 4 nitrogen and oxygen atoms in total. The number of anilines is 1. The summed E-state index contributed by atoms with van der Waals surface area (Å²) in [4.78, 5) is 11.7. The number of aryl methyl sites for hydroxylation is 1. The van der Waals surface area contributed by atoms with Crippen LogP contribution in [0.2, 0.25) is 0 Å². The first-order valence-corrected chi connectivity index (χ1v) is 5.41. The van der Waals surface area contributed by atoms with Crippen LogP contribution in [0.25, 0.3) is 0 Å². The lowest BCUT2D eigenvalue weighted by Crippen LogP contribution is -2.30. The highest BCUT2D eigenvalue weighted by atomic mass is 16.1. The average molecular weight is 207 g/mol. The van der Waals surface area contributed by atoms with E-state index < -0.39 is 0 Å². The Morgan fingerprint density at radius 1 is 1.60 bits per heavy atom. The lowest BCUT2D eigenvalue weighted by Gasteiger charge is -2.24. The summed E-state index contributed by atoms with van der Waals surface area (Å²) in [5, 5.41) is 3.31. The first kappa shape index (κ1) is 10.2. The Morgan fingerprint density at radius 3 is 3.13 bits per heavy atom. The molecule has 0 atom stereocenters. The molecule has 0 amide bonds. The predicted octanol–water partition coefficient (Wildman–Crippen LogP) is 0.474. The second kappa shape index (κ2) is 4.06. The van der Waals surface area contributed by atoms with E-state index in [9.17, 15) is 4.79 Å². The maximum atomic E-state index is 11.7. The predicted molar refractivity (Wildman–Crippen MR) is 61.3 cm³/mol. The number of hydrogen-bond acceptors (Lipinski definition) is 3. The van der Waals surface area contributed by atoms with E-state index in [0.29, 0.717) is 6.54 Å². The summed E-state index contributed by atoms with van der Waals surface area (Å²) in [7, 11) is 0. The Morgan fingerprint density at radius 2 is 2.40 bits per heavy atom. The molecular weight excluding hydrogens is 190 g/mol. The van der Waals surface area contributed by atoms with Crippen LogP contribution >= 0.6 is 0 Å². The minimum Gasteiger partial charge on any atom is -0.371 e. The number of pyridine rings is 1. The SMILES string of the molecule is Cc1cc(=O)n2c(c1CCN)NCCC2. The molecule has 15 heavy (non-hydrogen) atoms. The van der Waals surface area contributed by atoms with Crippen LogP contribution in [0.3, 0.4) is 0 Å². The van der Waals surface area contributed by atoms with Crippen LogP contribution in [-0.2, 0) is 13.0 Å². The summed E-state index contributed by atoms with van der Waals surface area (Å²) >= 11 is 0. The van der Waals surface area contributed by atoms with Gasteiger partial charge in [-0.2, -0.15) is 0 Å². The average Bonchev–Trinajstić information content (AvgIpc) is 2.24. The fraction of sp³-hybridized carbons (Fsp3) is 0.545. The molecule has 0 saturated carbocycles. The monoisotopic (exact) mass is 207 g/mol. The topological polar surface area (TPSA) is 60.0 Å². The zero-order valence-corrected chi connectivity index (χ0v) is 9.05. The molecule has 1 aliphatic rings. The summed E-state index contributed by atoms with van der Waals surface area (Å²) < 4.78 is 1.82. The van der Waals surface area contributed by atoms with Gasteiger partial charge in [-0.05, 0) is 37.4 Å². The van der Waals surface area contributed by atoms with Crippen LogP contribution in [0.4, 0.5) is 5.82 Å². The smallest absolute Gasteiger partial charge is 0.252 e. The van der Waals surface area contributed by atoms with Crippen LogP contribution < -0.4 is 16.6 Å². The highest BCUT2D eigenvalue weighted by Gasteiger charge is 2.15. The van der Waals surface area contributed by atoms with Gasteiger partial charge in [-0.15, -0.1) is 0 Å². The quantitative estimate of drug-likeness (QED) is 0.741. The lowest BCUT2D eigenvalue weighted by atomic mass is 10.1. The third kappa shape index (κ3) is 1.77. The van der Waals surface area contributed by atoms with Gasteiger partial charge in [-0.1, -0.05) is 0 Å². The molecule has 0 fully saturated rings. The Kier molecular flexibility index (Phi) is 2.77. The second-order valence-electron chi connectivity index (χ2n) is 3.96. The molecule has 0 spiro atoms. The van der Waals surface area contributed by atoms with Crippen molar-refractivity contribution in [2.24, 2.45) is 5.73 Å². The van der Waals surface area contributed by atoms with Crippen molar-refractivity contribution in [1.82, 2.24) is 4.57 Å². The van der Waals surface area contributed by atoms with E-state index in [-0.39, 0.29) is 5.56 Å². The van der Waals surface area contributed by atoms with Crippen molar-refractivity contribution in [3.63, 3.8) is 0 Å². The van der Waals surface area contributed by atoms with Gasteiger partial charge in [0.25, 0.3) is 5.56 Å². The standard InChI is InChI=1S/C11H17N3O/c1-8-7-10(15)14-6-2-5-13-11(14)9(8)3-4-12/h7,13H,2-6,12H2,1H3. The highest BCUT2D eigenvalue weighted by Crippen LogP contribution is 2.20. The molecule has 1 aliphatic heterocycles. The van der Waals surface area contributed by atoms with Gasteiger partial charge in [-0.25, -0.2) is 0 Å². The molecule has 4 heteroatoms. The Bertz CT molecular complexity index is 423. The molecule has 0 radical (unpaired) electrons. The van der Waals surface area contributed by atoms with Gasteiger partial charge in [0.15, 0.2) is 0 Å². The number of hydrogen-bond donors (Lipinski definition) is 2. The Labute approximate surface area is 89.1 Å². The van der Waals surface area contributed by atoms with Gasteiger partial charge in [0.2, 0.25) is 0 Å². The van der Waals surface area contributed by atoms with E-state index in [1.54, 1.807) is 6.07 Å². The van der Waals surface area contributed by atoms with Crippen molar-refractivity contribution >= 4 is 5.82 Å². The normalized spacial score (nSPS) is 14.5. The molecule has 0 saturated heterocycles. The van der Waals surface area contributed by atoms with Crippen LogP contribution in [0.15, 0.2) is 10.9 Å². The van der Waals surface area contributed by atoms with Gasteiger partial charge in [0.05, 0.1) is 0 Å². The molecule has 0 bridgehead atoms. The van der Waals surface area contributed by atoms with Gasteiger partial charge in [-0.3, -0.25) is 9.36 Å². The summed E-state index contributed by atoms with van der Waals surface area (Å²) in [5.41, 5.74) is 7.92. The molecule has 2 heterocycles. The van der Waals surface area contributed by atoms with Crippen molar-refractivity contribution in [2.75, 3.05) is 18.4 Å². The van der Waals surface area contributed by atoms with Crippen LogP contribution in [0.1, 0.15) is 17.5 Å². The summed E-state index contributed by atoms with van der Waals surface area (Å²) in [6, 6.07) is 1.71. The molecule has 0 unspecified atom stereocenters. The van der Waals surface area contributed by atoms with E-state index >= 15 is 0 Å². The third-order valence-corrected chi connectivity index (χ3v) is 2.88. The van der Waals surface area contributed by atoms with E-state index in [4.69, 9.17) is 5.73 Å². The number of nitrogens with one attached hydrogen (secondary N) is 1. The van der Waals surface area contributed by atoms with Crippen LogP contribution in [0.5, 0.6) is 0 Å². The van der Waals surface area contributed by atoms with Crippen molar-refractivity contribution in [3.05, 3.63) is 27.5 Å². The van der Waals surface area contributed by atoms with Crippen molar-refractivity contribution in [1.29, 1.82) is 0 Å². The number of fused-ring (bicyclic) bond motifs is 1. The molecule has 0 aromatic carbocycles. The molecule has 82 valence electrons. The third-order valence-electron chi connectivity index (χ3n) is 2.88. The van der Waals surface area contributed by atoms with E-state index in [0.717, 1.165) is 37.3 Å². The summed E-state index contributed by atoms with van der Waals surface area (Å²) in [6.45, 7) is 4.36. The minimum atomic E-state index is 0.0930. The van der Waals surface area contributed by atoms with Crippen molar-refractivity contribution < 1.29 is 0 Å². The number of aromatic nitrogens is 1. The van der Waals surface area contributed by atoms with Gasteiger partial charge >= 0.3 is 0 Å². The molecule has 0 aliphatic carbocycles. The lowest BCUT2D eigenvalue weighted by molar-refractivity contribution is 0.602. The minimum absolute atomic E-state index is 0.0930. The zero-order valence-electron chi connectivity index (χ0n) is 9.05. The number of rotatable bonds is 2. The fourth-order valence-electron chi connectivity index (χ4n) is 2.14. The maximum Gasteiger partial charge on any atom is 0.252 e. The van der Waals surface area contributed by atoms with E-state index in [1.165, 1.54) is 5.56 Å². The fourth-order valence-corrected chi connectivity index (χ4v) is 2.14. The van der Waals surface area contributed by atoms with Crippen LogP contribution in [0, 0.1) is 6.92 Å². The summed E-state index contributed by atoms with van der Waals surface area (Å²) in [6.07, 6.45) is 1.84. The van der Waals surface area contributed by atoms with Gasteiger partial charge < -0.3 is 11.1 Å². The van der Waals surface area contributed by atoms with E-state index in [1.807, 2.05) is 11.5 Å². The molecule has 2 rings (SSSR count). The maximum absolute atomic E-state index is 11.7. The molecular formula is C11H17N3O. The molecule has 3 N–H and O–H groups in total. The van der Waals surface area contributed by atoms with Crippen molar-refractivity contribution in [3.8, 4) is 0 Å². The highest BCUT2D eigenvalue weighted by molar-refractivity contribution is 5.50. The first-order chi connectivity index (χ1) is 7.24. The Balaban J connectivity index is 2.58. The first-order valence-electron chi connectivity index (χ1n) is 5.41. The largest absolute Gasteiger partial charge is 0.371 e. The van der Waals surface area contributed by atoms with Gasteiger partial charge in [0, 0.05) is 19.2 Å². The second-order valence-corrected chi connectivity index (χ2v) is 3.96. The van der Waals surface area contributed by atoms with E-state index in [2.05, 4.69) is 5.32 Å². The summed E-state index contributed by atoms with van der Waals surface area (Å²) in [5.74, 6) is 0.983. The number of nitrogens with zero attached hydrogens (tertiary/aromatic N) is 1. The molecule has 1 aromatic rings. The number of nitrogens with two attached hydrogens (primary N) is 1.